The van der Waals surface area contributed by atoms with Gasteiger partial charge in [0.25, 0.3) is 0 Å². The van der Waals surface area contributed by atoms with Crippen molar-refractivity contribution in [2.75, 3.05) is 19.8 Å². The summed E-state index contributed by atoms with van der Waals surface area (Å²) in [4.78, 5) is 0. The van der Waals surface area contributed by atoms with Crippen molar-refractivity contribution in [2.24, 2.45) is 11.1 Å². The molecule has 0 atom stereocenters. The summed E-state index contributed by atoms with van der Waals surface area (Å²) < 4.78 is 5.38. The first-order chi connectivity index (χ1) is 5.45. The Hall–Kier alpha value is -0.340. The van der Waals surface area contributed by atoms with E-state index in [-0.39, 0.29) is 0 Å². The van der Waals surface area contributed by atoms with E-state index in [4.69, 9.17) is 10.5 Å². The van der Waals surface area contributed by atoms with Gasteiger partial charge >= 0.3 is 0 Å². The molecule has 0 bridgehead atoms. The molecule has 0 aromatic carbocycles. The second kappa shape index (κ2) is 5.33. The van der Waals surface area contributed by atoms with Crippen LogP contribution in [0.25, 0.3) is 0 Å². The zero-order valence-corrected chi connectivity index (χ0v) is 8.52. The predicted molar refractivity (Wildman–Crippen MR) is 53.1 cm³/mol. The lowest BCUT2D eigenvalue weighted by Gasteiger charge is -2.17. The summed E-state index contributed by atoms with van der Waals surface area (Å²) in [6.07, 6.45) is 1.07. The smallest absolute Gasteiger partial charge is 0.0686 e. The molecular formula is C10H21NO. The highest BCUT2D eigenvalue weighted by atomic mass is 16.5. The van der Waals surface area contributed by atoms with Crippen molar-refractivity contribution in [3.63, 3.8) is 0 Å². The van der Waals surface area contributed by atoms with Crippen molar-refractivity contribution in [3.05, 3.63) is 12.2 Å². The molecule has 12 heavy (non-hydrogen) atoms. The maximum Gasteiger partial charge on any atom is 0.0686 e. The molecule has 0 aliphatic heterocycles. The van der Waals surface area contributed by atoms with Crippen LogP contribution in [-0.4, -0.2) is 19.8 Å². The Balaban J connectivity index is 3.28. The third-order valence-electron chi connectivity index (χ3n) is 1.59. The monoisotopic (exact) mass is 171 g/mol. The Morgan fingerprint density at radius 1 is 1.42 bits per heavy atom. The molecule has 0 rings (SSSR count). The number of hydrogen-bond acceptors (Lipinski definition) is 2. The summed E-state index contributed by atoms with van der Waals surface area (Å²) in [5, 5.41) is 0. The van der Waals surface area contributed by atoms with Crippen LogP contribution in [0.1, 0.15) is 27.2 Å². The molecule has 2 nitrogen and oxygen atoms in total. The molecule has 0 aliphatic carbocycles. The van der Waals surface area contributed by atoms with Crippen molar-refractivity contribution >= 4 is 0 Å². The lowest BCUT2D eigenvalue weighted by atomic mass is 9.93. The molecule has 72 valence electrons. The molecule has 0 spiro atoms. The van der Waals surface area contributed by atoms with Crippen molar-refractivity contribution < 1.29 is 4.74 Å². The van der Waals surface area contributed by atoms with Crippen LogP contribution in [0.5, 0.6) is 0 Å². The van der Waals surface area contributed by atoms with Gasteiger partial charge < -0.3 is 10.5 Å². The predicted octanol–water partition coefficient (Wildman–Crippen LogP) is 1.95. The van der Waals surface area contributed by atoms with Gasteiger partial charge in [-0.3, -0.25) is 0 Å². The lowest BCUT2D eigenvalue weighted by Crippen LogP contribution is -2.12. The largest absolute Gasteiger partial charge is 0.377 e. The van der Waals surface area contributed by atoms with Crippen molar-refractivity contribution in [1.29, 1.82) is 0 Å². The highest BCUT2D eigenvalue weighted by Gasteiger charge is 2.08. The second-order valence-corrected chi connectivity index (χ2v) is 4.32. The van der Waals surface area contributed by atoms with E-state index >= 15 is 0 Å². The summed E-state index contributed by atoms with van der Waals surface area (Å²) in [5.41, 5.74) is 6.67. The minimum atomic E-state index is 0.351. The van der Waals surface area contributed by atoms with E-state index < -0.39 is 0 Å². The maximum absolute atomic E-state index is 5.38. The molecule has 0 unspecified atom stereocenters. The quantitative estimate of drug-likeness (QED) is 0.507. The average Bonchev–Trinajstić information content (AvgIpc) is 1.96. The highest BCUT2D eigenvalue weighted by Crippen LogP contribution is 2.17. The van der Waals surface area contributed by atoms with Gasteiger partial charge in [-0.1, -0.05) is 27.4 Å². The van der Waals surface area contributed by atoms with Crippen molar-refractivity contribution in [3.8, 4) is 0 Å². The fraction of sp³-hybridized carbons (Fsp3) is 0.800. The summed E-state index contributed by atoms with van der Waals surface area (Å²) in [5.74, 6) is 0. The average molecular weight is 171 g/mol. The van der Waals surface area contributed by atoms with Gasteiger partial charge in [0, 0.05) is 13.2 Å². The number of ether oxygens (including phenoxy) is 1. The molecule has 0 amide bonds. The minimum Gasteiger partial charge on any atom is -0.377 e. The molecule has 0 aromatic heterocycles. The summed E-state index contributed by atoms with van der Waals surface area (Å²) in [6, 6.07) is 0. The molecule has 0 fully saturated rings. The van der Waals surface area contributed by atoms with E-state index in [1.165, 1.54) is 0 Å². The summed E-state index contributed by atoms with van der Waals surface area (Å²) >= 11 is 0. The van der Waals surface area contributed by atoms with E-state index in [1.807, 2.05) is 0 Å². The van der Waals surface area contributed by atoms with E-state index in [2.05, 4.69) is 27.4 Å². The minimum absolute atomic E-state index is 0.351. The van der Waals surface area contributed by atoms with Crippen molar-refractivity contribution in [1.82, 2.24) is 0 Å². The summed E-state index contributed by atoms with van der Waals surface area (Å²) in [6.45, 7) is 12.3. The van der Waals surface area contributed by atoms with Gasteiger partial charge in [-0.25, -0.2) is 0 Å². The molecular weight excluding hydrogens is 150 g/mol. The van der Waals surface area contributed by atoms with Crippen LogP contribution in [0, 0.1) is 5.41 Å². The normalized spacial score (nSPS) is 11.7. The highest BCUT2D eigenvalue weighted by molar-refractivity contribution is 4.95. The van der Waals surface area contributed by atoms with E-state index in [0.717, 1.165) is 18.6 Å². The fourth-order valence-corrected chi connectivity index (χ4v) is 0.654. The van der Waals surface area contributed by atoms with Gasteiger partial charge in [-0.05, 0) is 17.4 Å². The van der Waals surface area contributed by atoms with Crippen LogP contribution in [-0.2, 0) is 4.74 Å². The maximum atomic E-state index is 5.38. The Kier molecular flexibility index (Phi) is 5.18. The van der Waals surface area contributed by atoms with Gasteiger partial charge in [0.15, 0.2) is 0 Å². The topological polar surface area (TPSA) is 35.2 Å². The van der Waals surface area contributed by atoms with Crippen LogP contribution >= 0.6 is 0 Å². The van der Waals surface area contributed by atoms with Gasteiger partial charge in [-0.2, -0.15) is 0 Å². The molecule has 0 saturated carbocycles. The molecule has 0 aromatic rings. The Morgan fingerprint density at radius 2 is 2.00 bits per heavy atom. The Labute approximate surface area is 75.8 Å². The Morgan fingerprint density at radius 3 is 2.42 bits per heavy atom. The Bertz CT molecular complexity index is 135. The summed E-state index contributed by atoms with van der Waals surface area (Å²) in [7, 11) is 0. The zero-order valence-electron chi connectivity index (χ0n) is 8.52. The molecule has 2 N–H and O–H groups in total. The third-order valence-corrected chi connectivity index (χ3v) is 1.59. The van der Waals surface area contributed by atoms with Gasteiger partial charge in [-0.15, -0.1) is 0 Å². The molecule has 0 heterocycles. The van der Waals surface area contributed by atoms with E-state index in [0.29, 0.717) is 18.6 Å². The number of hydrogen-bond donors (Lipinski definition) is 1. The van der Waals surface area contributed by atoms with Crippen molar-refractivity contribution in [2.45, 2.75) is 27.2 Å². The standard InChI is InChI=1S/C10H21NO/c1-9(7-11)8-12-6-5-10(2,3)4/h1,5-8,11H2,2-4H3. The SMILES string of the molecule is C=C(CN)COCCC(C)(C)C. The third kappa shape index (κ3) is 7.76. The number of rotatable bonds is 5. The van der Waals surface area contributed by atoms with Crippen LogP contribution in [0.3, 0.4) is 0 Å². The van der Waals surface area contributed by atoms with Crippen LogP contribution in [0.4, 0.5) is 0 Å². The zero-order chi connectivity index (χ0) is 9.61. The van der Waals surface area contributed by atoms with E-state index in [9.17, 15) is 0 Å². The van der Waals surface area contributed by atoms with E-state index in [1.54, 1.807) is 0 Å². The van der Waals surface area contributed by atoms with Crippen LogP contribution < -0.4 is 5.73 Å². The first-order valence-corrected chi connectivity index (χ1v) is 4.40. The van der Waals surface area contributed by atoms with Gasteiger partial charge in [0.05, 0.1) is 6.61 Å². The lowest BCUT2D eigenvalue weighted by molar-refractivity contribution is 0.126. The molecule has 2 heteroatoms. The van der Waals surface area contributed by atoms with Gasteiger partial charge in [0.2, 0.25) is 0 Å². The second-order valence-electron chi connectivity index (χ2n) is 4.32. The molecule has 0 aliphatic rings. The van der Waals surface area contributed by atoms with Gasteiger partial charge in [0.1, 0.15) is 0 Å². The molecule has 0 radical (unpaired) electrons. The number of nitrogens with two attached hydrogens (primary N) is 1. The molecule has 0 saturated heterocycles. The first-order valence-electron chi connectivity index (χ1n) is 4.40. The van der Waals surface area contributed by atoms with Crippen LogP contribution in [0.2, 0.25) is 0 Å². The van der Waals surface area contributed by atoms with Crippen LogP contribution in [0.15, 0.2) is 12.2 Å². The first kappa shape index (κ1) is 11.7. The fourth-order valence-electron chi connectivity index (χ4n) is 0.654.